The first-order valence-corrected chi connectivity index (χ1v) is 8.52. The van der Waals surface area contributed by atoms with Crippen molar-refractivity contribution < 1.29 is 4.79 Å². The number of thiophene rings is 1. The van der Waals surface area contributed by atoms with Gasteiger partial charge in [-0.25, -0.2) is 0 Å². The standard InChI is InChI=1S/C14H13Br2NOS/c1-14(9-15,11-5-3-2-4-6-11)17-13(18)10-7-12(16)19-8-10/h2-8H,9H2,1H3,(H,17,18). The quantitative estimate of drug-likeness (QED) is 0.746. The van der Waals surface area contributed by atoms with Gasteiger partial charge < -0.3 is 5.32 Å². The molecule has 1 aromatic carbocycles. The van der Waals surface area contributed by atoms with Crippen LogP contribution in [0.5, 0.6) is 0 Å². The predicted octanol–water partition coefficient (Wildman–Crippen LogP) is 4.55. The summed E-state index contributed by atoms with van der Waals surface area (Å²) in [7, 11) is 0. The minimum atomic E-state index is -0.424. The molecule has 0 aliphatic carbocycles. The Morgan fingerprint density at radius 3 is 2.58 bits per heavy atom. The van der Waals surface area contributed by atoms with E-state index in [0.717, 1.165) is 9.35 Å². The van der Waals surface area contributed by atoms with E-state index in [1.165, 1.54) is 11.3 Å². The number of hydrogen-bond acceptors (Lipinski definition) is 2. The molecule has 1 unspecified atom stereocenters. The van der Waals surface area contributed by atoms with Crippen LogP contribution in [-0.2, 0) is 5.54 Å². The Morgan fingerprint density at radius 2 is 2.05 bits per heavy atom. The van der Waals surface area contributed by atoms with Crippen molar-refractivity contribution in [2.24, 2.45) is 0 Å². The van der Waals surface area contributed by atoms with Crippen molar-refractivity contribution in [3.63, 3.8) is 0 Å². The molecule has 5 heteroatoms. The molecule has 0 radical (unpaired) electrons. The minimum absolute atomic E-state index is 0.0623. The summed E-state index contributed by atoms with van der Waals surface area (Å²) in [5.41, 5.74) is 1.33. The normalized spacial score (nSPS) is 13.8. The summed E-state index contributed by atoms with van der Waals surface area (Å²) in [4.78, 5) is 12.3. The topological polar surface area (TPSA) is 29.1 Å². The van der Waals surface area contributed by atoms with Crippen molar-refractivity contribution in [2.75, 3.05) is 5.33 Å². The Balaban J connectivity index is 2.22. The number of hydrogen-bond donors (Lipinski definition) is 1. The van der Waals surface area contributed by atoms with E-state index in [1.54, 1.807) is 0 Å². The van der Waals surface area contributed by atoms with Gasteiger partial charge in [0.05, 0.1) is 14.9 Å². The minimum Gasteiger partial charge on any atom is -0.342 e. The first kappa shape index (κ1) is 14.8. The van der Waals surface area contributed by atoms with Gasteiger partial charge in [-0.3, -0.25) is 4.79 Å². The van der Waals surface area contributed by atoms with E-state index in [1.807, 2.05) is 48.7 Å². The van der Waals surface area contributed by atoms with Gasteiger partial charge in [-0.05, 0) is 34.5 Å². The van der Waals surface area contributed by atoms with Gasteiger partial charge in [-0.15, -0.1) is 11.3 Å². The van der Waals surface area contributed by atoms with Crippen molar-refractivity contribution >= 4 is 49.1 Å². The average Bonchev–Trinajstić information content (AvgIpc) is 2.86. The highest BCUT2D eigenvalue weighted by molar-refractivity contribution is 9.11. The lowest BCUT2D eigenvalue weighted by Crippen LogP contribution is -2.44. The van der Waals surface area contributed by atoms with E-state index in [4.69, 9.17) is 0 Å². The van der Waals surface area contributed by atoms with Gasteiger partial charge in [0, 0.05) is 10.7 Å². The summed E-state index contributed by atoms with van der Waals surface area (Å²) in [5, 5.41) is 5.59. The molecule has 2 nitrogen and oxygen atoms in total. The van der Waals surface area contributed by atoms with Gasteiger partial charge in [-0.2, -0.15) is 0 Å². The second-order valence-electron chi connectivity index (χ2n) is 4.43. The van der Waals surface area contributed by atoms with Crippen molar-refractivity contribution in [1.82, 2.24) is 5.32 Å². The highest BCUT2D eigenvalue weighted by Gasteiger charge is 2.27. The van der Waals surface area contributed by atoms with Crippen LogP contribution in [0.2, 0.25) is 0 Å². The highest BCUT2D eigenvalue weighted by atomic mass is 79.9. The van der Waals surface area contributed by atoms with Crippen LogP contribution in [0.15, 0.2) is 45.6 Å². The Labute approximate surface area is 133 Å². The smallest absolute Gasteiger partial charge is 0.252 e. The van der Waals surface area contributed by atoms with E-state index in [-0.39, 0.29) is 5.91 Å². The lowest BCUT2D eigenvalue weighted by Gasteiger charge is -2.29. The maximum Gasteiger partial charge on any atom is 0.252 e. The van der Waals surface area contributed by atoms with E-state index >= 15 is 0 Å². The lowest BCUT2D eigenvalue weighted by molar-refractivity contribution is 0.0914. The molecule has 1 atom stereocenters. The number of carbonyl (C=O) groups excluding carboxylic acids is 1. The van der Waals surface area contributed by atoms with Crippen LogP contribution < -0.4 is 5.32 Å². The van der Waals surface area contributed by atoms with E-state index in [9.17, 15) is 4.79 Å². The number of benzene rings is 1. The SMILES string of the molecule is CC(CBr)(NC(=O)c1csc(Br)c1)c1ccccc1. The van der Waals surface area contributed by atoms with Crippen LogP contribution >= 0.6 is 43.2 Å². The first-order valence-electron chi connectivity index (χ1n) is 5.73. The number of halogens is 2. The Bertz CT molecular complexity index is 570. The number of alkyl halides is 1. The van der Waals surface area contributed by atoms with E-state index in [2.05, 4.69) is 37.2 Å². The van der Waals surface area contributed by atoms with Crippen LogP contribution in [0.3, 0.4) is 0 Å². The Hall–Kier alpha value is -0.650. The summed E-state index contributed by atoms with van der Waals surface area (Å²) >= 11 is 8.37. The third kappa shape index (κ3) is 3.46. The zero-order chi connectivity index (χ0) is 13.9. The van der Waals surface area contributed by atoms with E-state index < -0.39 is 5.54 Å². The molecular weight excluding hydrogens is 390 g/mol. The van der Waals surface area contributed by atoms with Gasteiger partial charge in [0.1, 0.15) is 0 Å². The fourth-order valence-electron chi connectivity index (χ4n) is 1.74. The van der Waals surface area contributed by atoms with Crippen LogP contribution in [-0.4, -0.2) is 11.2 Å². The molecule has 19 heavy (non-hydrogen) atoms. The van der Waals surface area contributed by atoms with Gasteiger partial charge in [0.25, 0.3) is 5.91 Å². The number of nitrogens with one attached hydrogen (secondary N) is 1. The molecule has 0 spiro atoms. The number of rotatable bonds is 4. The summed E-state index contributed by atoms with van der Waals surface area (Å²) in [5.74, 6) is -0.0623. The number of amides is 1. The summed E-state index contributed by atoms with van der Waals surface area (Å²) in [6, 6.07) is 11.8. The molecule has 0 fully saturated rings. The fourth-order valence-corrected chi connectivity index (χ4v) is 3.34. The maximum atomic E-state index is 12.3. The molecule has 0 aliphatic heterocycles. The highest BCUT2D eigenvalue weighted by Crippen LogP contribution is 2.25. The van der Waals surface area contributed by atoms with Gasteiger partial charge in [-0.1, -0.05) is 46.3 Å². The second-order valence-corrected chi connectivity index (χ2v) is 7.28. The fraction of sp³-hybridized carbons (Fsp3) is 0.214. The predicted molar refractivity (Wildman–Crippen MR) is 87.1 cm³/mol. The zero-order valence-electron chi connectivity index (χ0n) is 10.3. The zero-order valence-corrected chi connectivity index (χ0v) is 14.3. The van der Waals surface area contributed by atoms with E-state index in [0.29, 0.717) is 10.9 Å². The first-order chi connectivity index (χ1) is 9.05. The van der Waals surface area contributed by atoms with Crippen LogP contribution in [0.4, 0.5) is 0 Å². The number of carbonyl (C=O) groups is 1. The molecule has 2 aromatic rings. The summed E-state index contributed by atoms with van der Waals surface area (Å²) in [6.07, 6.45) is 0. The molecule has 0 saturated heterocycles. The van der Waals surface area contributed by atoms with Gasteiger partial charge >= 0.3 is 0 Å². The van der Waals surface area contributed by atoms with Crippen LogP contribution in [0.25, 0.3) is 0 Å². The molecule has 1 aromatic heterocycles. The van der Waals surface area contributed by atoms with Crippen molar-refractivity contribution in [3.05, 3.63) is 56.7 Å². The summed E-state index contributed by atoms with van der Waals surface area (Å²) < 4.78 is 0.956. The molecule has 100 valence electrons. The third-order valence-corrected chi connectivity index (χ3v) is 5.52. The van der Waals surface area contributed by atoms with Gasteiger partial charge in [0.2, 0.25) is 0 Å². The monoisotopic (exact) mass is 401 g/mol. The van der Waals surface area contributed by atoms with Gasteiger partial charge in [0.15, 0.2) is 0 Å². The molecule has 0 bridgehead atoms. The molecule has 1 heterocycles. The Morgan fingerprint density at radius 1 is 1.37 bits per heavy atom. The van der Waals surface area contributed by atoms with Crippen molar-refractivity contribution in [3.8, 4) is 0 Å². The van der Waals surface area contributed by atoms with Crippen LogP contribution in [0.1, 0.15) is 22.8 Å². The molecule has 1 amide bonds. The molecule has 0 saturated carbocycles. The Kier molecular flexibility index (Phi) is 4.81. The maximum absolute atomic E-state index is 12.3. The molecular formula is C14H13Br2NOS. The second kappa shape index (κ2) is 6.20. The van der Waals surface area contributed by atoms with Crippen molar-refractivity contribution in [2.45, 2.75) is 12.5 Å². The molecule has 1 N–H and O–H groups in total. The third-order valence-electron chi connectivity index (χ3n) is 2.90. The lowest BCUT2D eigenvalue weighted by atomic mass is 9.94. The largest absolute Gasteiger partial charge is 0.342 e. The average molecular weight is 403 g/mol. The molecule has 0 aliphatic rings. The van der Waals surface area contributed by atoms with Crippen molar-refractivity contribution in [1.29, 1.82) is 0 Å². The summed E-state index contributed by atoms with van der Waals surface area (Å²) in [6.45, 7) is 2.01. The van der Waals surface area contributed by atoms with Crippen LogP contribution in [0, 0.1) is 0 Å². The molecule has 2 rings (SSSR count).